The van der Waals surface area contributed by atoms with E-state index in [1.54, 1.807) is 53.9 Å². The molecule has 43 heavy (non-hydrogen) atoms. The molecule has 2 aromatic carbocycles. The molecule has 2 amide bonds. The van der Waals surface area contributed by atoms with Crippen molar-refractivity contribution >= 4 is 39.4 Å². The minimum absolute atomic E-state index is 0.133. The summed E-state index contributed by atoms with van der Waals surface area (Å²) in [5, 5.41) is 10.9. The number of amides is 2. The highest BCUT2D eigenvalue weighted by atomic mass is 16.2. The Kier molecular flexibility index (Phi) is 9.27. The summed E-state index contributed by atoms with van der Waals surface area (Å²) < 4.78 is 0. The molecule has 2 atom stereocenters. The first-order chi connectivity index (χ1) is 20.3. The van der Waals surface area contributed by atoms with Gasteiger partial charge in [0.2, 0.25) is 11.8 Å². The Bertz CT molecular complexity index is 1650. The third kappa shape index (κ3) is 6.89. The Hall–Kier alpha value is -4.21. The van der Waals surface area contributed by atoms with Crippen LogP contribution in [0.5, 0.6) is 0 Å². The number of carbonyl (C=O) groups excluding carboxylic acids is 3. The van der Waals surface area contributed by atoms with Gasteiger partial charge < -0.3 is 26.3 Å². The summed E-state index contributed by atoms with van der Waals surface area (Å²) in [6, 6.07) is 15.0. The molecule has 0 bridgehead atoms. The van der Waals surface area contributed by atoms with E-state index in [4.69, 9.17) is 5.73 Å². The number of aromatic nitrogens is 2. The number of nitrogens with two attached hydrogens (primary N) is 1. The number of ketones is 1. The van der Waals surface area contributed by atoms with E-state index in [1.165, 1.54) is 0 Å². The molecule has 0 spiro atoms. The molecule has 9 nitrogen and oxygen atoms in total. The van der Waals surface area contributed by atoms with Crippen molar-refractivity contribution in [3.63, 3.8) is 0 Å². The standard InChI is InChI=1S/C34H44N6O3/c1-32(2,30(42)36-5)17-18-34(35,19-23-21-39-27-14-10-8-12-25(23)27)40-29(33(3,4)31(43)37-6)28(41)16-15-22-20-38-26-13-9-7-11-24(22)26/h7-14,17-18,20-21,29,38-40H,15-16,19,35H2,1-6H3,(H,36,42)(H,37,43)/t29-,34+/m0/s1. The molecule has 0 saturated heterocycles. The molecule has 9 heteroatoms. The average molecular weight is 585 g/mol. The molecule has 0 aliphatic rings. The van der Waals surface area contributed by atoms with Crippen LogP contribution in [-0.4, -0.2) is 53.4 Å². The van der Waals surface area contributed by atoms with Crippen LogP contribution in [0.2, 0.25) is 0 Å². The number of benzene rings is 2. The fraction of sp³-hybridized carbons (Fsp3) is 0.382. The minimum Gasteiger partial charge on any atom is -0.361 e. The SMILES string of the molecule is CNC(=O)C(C)(C)C=C[C@](N)(Cc1c[nH]c2ccccc12)N[C@@H](C(=O)CCc1c[nH]c2ccccc12)C(C)(C)C(=O)NC. The molecule has 0 radical (unpaired) electrons. The van der Waals surface area contributed by atoms with Crippen LogP contribution in [0.4, 0.5) is 0 Å². The lowest BCUT2D eigenvalue weighted by Crippen LogP contribution is -2.65. The van der Waals surface area contributed by atoms with Gasteiger partial charge in [-0.05, 0) is 57.4 Å². The van der Waals surface area contributed by atoms with Crippen LogP contribution in [-0.2, 0) is 27.2 Å². The number of carbonyl (C=O) groups is 3. The quantitative estimate of drug-likeness (QED) is 0.104. The van der Waals surface area contributed by atoms with Crippen LogP contribution >= 0.6 is 0 Å². The Morgan fingerprint density at radius 3 is 1.93 bits per heavy atom. The van der Waals surface area contributed by atoms with Gasteiger partial charge in [0.25, 0.3) is 0 Å². The van der Waals surface area contributed by atoms with Gasteiger partial charge in [-0.15, -0.1) is 0 Å². The predicted octanol–water partition coefficient (Wildman–Crippen LogP) is 4.11. The number of rotatable bonds is 13. The summed E-state index contributed by atoms with van der Waals surface area (Å²) >= 11 is 0. The number of hydrogen-bond donors (Lipinski definition) is 6. The largest absolute Gasteiger partial charge is 0.361 e. The third-order valence-corrected chi connectivity index (χ3v) is 8.35. The van der Waals surface area contributed by atoms with Crippen LogP contribution in [0.1, 0.15) is 45.2 Å². The molecular weight excluding hydrogens is 540 g/mol. The van der Waals surface area contributed by atoms with Crippen LogP contribution in [0.3, 0.4) is 0 Å². The Balaban J connectivity index is 1.71. The van der Waals surface area contributed by atoms with Crippen LogP contribution in [0.15, 0.2) is 73.1 Å². The smallest absolute Gasteiger partial charge is 0.229 e. The van der Waals surface area contributed by atoms with Crippen molar-refractivity contribution in [2.75, 3.05) is 14.1 Å². The molecular formula is C34H44N6O3. The van der Waals surface area contributed by atoms with E-state index in [0.717, 1.165) is 32.9 Å². The highest BCUT2D eigenvalue weighted by Crippen LogP contribution is 2.29. The number of nitrogens with one attached hydrogen (secondary N) is 5. The summed E-state index contributed by atoms with van der Waals surface area (Å²) in [7, 11) is 3.15. The number of Topliss-reactive ketones (excluding diaryl/α,β-unsaturated/α-hetero) is 1. The van der Waals surface area contributed by atoms with Gasteiger partial charge in [0.15, 0.2) is 5.78 Å². The molecule has 228 valence electrons. The first-order valence-corrected chi connectivity index (χ1v) is 14.7. The van der Waals surface area contributed by atoms with Gasteiger partial charge in [-0.3, -0.25) is 19.7 Å². The highest BCUT2D eigenvalue weighted by Gasteiger charge is 2.44. The normalized spacial score (nSPS) is 14.6. The number of aryl methyl sites for hydroxylation is 1. The monoisotopic (exact) mass is 584 g/mol. The Labute approximate surface area is 253 Å². The second kappa shape index (κ2) is 12.6. The van der Waals surface area contributed by atoms with E-state index in [1.807, 2.05) is 60.9 Å². The van der Waals surface area contributed by atoms with E-state index in [2.05, 4.69) is 25.9 Å². The van der Waals surface area contributed by atoms with Crippen LogP contribution in [0, 0.1) is 10.8 Å². The van der Waals surface area contributed by atoms with Crippen molar-refractivity contribution in [2.45, 2.75) is 58.7 Å². The van der Waals surface area contributed by atoms with Gasteiger partial charge >= 0.3 is 0 Å². The molecule has 2 heterocycles. The third-order valence-electron chi connectivity index (χ3n) is 8.35. The fourth-order valence-electron chi connectivity index (χ4n) is 5.63. The van der Waals surface area contributed by atoms with E-state index in [-0.39, 0.29) is 24.0 Å². The van der Waals surface area contributed by atoms with Gasteiger partial charge in [-0.2, -0.15) is 0 Å². The van der Waals surface area contributed by atoms with Gasteiger partial charge in [0.1, 0.15) is 0 Å². The lowest BCUT2D eigenvalue weighted by Gasteiger charge is -2.39. The molecule has 0 unspecified atom stereocenters. The molecule has 0 aliphatic carbocycles. The zero-order chi connectivity index (χ0) is 31.4. The number of H-pyrrole nitrogens is 2. The first kappa shape index (κ1) is 31.7. The number of para-hydroxylation sites is 2. The maximum atomic E-state index is 14.1. The summed E-state index contributed by atoms with van der Waals surface area (Å²) in [4.78, 5) is 46.4. The second-order valence-electron chi connectivity index (χ2n) is 12.4. The molecule has 4 rings (SSSR count). The molecule has 0 aliphatic heterocycles. The molecule has 7 N–H and O–H groups in total. The van der Waals surface area contributed by atoms with Crippen LogP contribution < -0.4 is 21.7 Å². The maximum absolute atomic E-state index is 14.1. The van der Waals surface area contributed by atoms with Gasteiger partial charge in [0, 0.05) is 61.1 Å². The van der Waals surface area contributed by atoms with Crippen molar-refractivity contribution in [1.82, 2.24) is 25.9 Å². The van der Waals surface area contributed by atoms with Gasteiger partial charge in [0.05, 0.1) is 22.5 Å². The maximum Gasteiger partial charge on any atom is 0.229 e. The van der Waals surface area contributed by atoms with Gasteiger partial charge in [-0.1, -0.05) is 48.6 Å². The summed E-state index contributed by atoms with van der Waals surface area (Å²) in [5.74, 6) is -0.587. The lowest BCUT2D eigenvalue weighted by molar-refractivity contribution is -0.136. The predicted molar refractivity (Wildman–Crippen MR) is 172 cm³/mol. The van der Waals surface area contributed by atoms with E-state index in [0.29, 0.717) is 12.8 Å². The second-order valence-corrected chi connectivity index (χ2v) is 12.4. The highest BCUT2D eigenvalue weighted by molar-refractivity contribution is 5.94. The topological polar surface area (TPSA) is 145 Å². The van der Waals surface area contributed by atoms with E-state index in [9.17, 15) is 14.4 Å². The van der Waals surface area contributed by atoms with Crippen molar-refractivity contribution in [3.8, 4) is 0 Å². The van der Waals surface area contributed by atoms with Gasteiger partial charge in [-0.25, -0.2) is 0 Å². The zero-order valence-corrected chi connectivity index (χ0v) is 25.9. The lowest BCUT2D eigenvalue weighted by atomic mass is 9.78. The van der Waals surface area contributed by atoms with E-state index < -0.39 is 22.5 Å². The Morgan fingerprint density at radius 2 is 1.35 bits per heavy atom. The van der Waals surface area contributed by atoms with Crippen molar-refractivity contribution in [3.05, 3.63) is 84.2 Å². The Morgan fingerprint density at radius 1 is 0.814 bits per heavy atom. The number of fused-ring (bicyclic) bond motifs is 2. The first-order valence-electron chi connectivity index (χ1n) is 14.7. The van der Waals surface area contributed by atoms with Crippen LogP contribution in [0.25, 0.3) is 21.8 Å². The number of aromatic amines is 2. The van der Waals surface area contributed by atoms with Crippen molar-refractivity contribution < 1.29 is 14.4 Å². The average Bonchev–Trinajstić information content (AvgIpc) is 3.60. The summed E-state index contributed by atoms with van der Waals surface area (Å²) in [5.41, 5.74) is 7.79. The molecule has 0 saturated carbocycles. The van der Waals surface area contributed by atoms with Crippen molar-refractivity contribution in [2.24, 2.45) is 16.6 Å². The zero-order valence-electron chi connectivity index (χ0n) is 25.9. The fourth-order valence-corrected chi connectivity index (χ4v) is 5.63. The molecule has 4 aromatic rings. The summed E-state index contributed by atoms with van der Waals surface area (Å²) in [6.07, 6.45) is 8.35. The summed E-state index contributed by atoms with van der Waals surface area (Å²) in [6.45, 7) is 7.09. The minimum atomic E-state index is -1.29. The number of hydrogen-bond acceptors (Lipinski definition) is 5. The molecule has 2 aromatic heterocycles. The van der Waals surface area contributed by atoms with E-state index >= 15 is 0 Å². The van der Waals surface area contributed by atoms with Crippen molar-refractivity contribution in [1.29, 1.82) is 0 Å². The molecule has 0 fully saturated rings.